The van der Waals surface area contributed by atoms with Crippen molar-refractivity contribution in [1.82, 2.24) is 5.32 Å². The summed E-state index contributed by atoms with van der Waals surface area (Å²) in [6.45, 7) is 6.68. The molecule has 2 aliphatic rings. The minimum Gasteiger partial charge on any atom is -0.307 e. The van der Waals surface area contributed by atoms with Gasteiger partial charge in [-0.15, -0.1) is 0 Å². The highest BCUT2D eigenvalue weighted by Gasteiger charge is 2.40. The summed E-state index contributed by atoms with van der Waals surface area (Å²) in [5.41, 5.74) is -0.182. The standard InChI is InChI=1S/C13H25NO2S/c1-10-4-5-12(11(2)8-10)14-13(3)6-7-17(15,16)9-13/h10-12,14H,4-9H2,1-3H3. The molecule has 100 valence electrons. The van der Waals surface area contributed by atoms with Crippen molar-refractivity contribution in [2.75, 3.05) is 11.5 Å². The van der Waals surface area contributed by atoms with Crippen LogP contribution < -0.4 is 5.32 Å². The van der Waals surface area contributed by atoms with Crippen molar-refractivity contribution in [2.24, 2.45) is 11.8 Å². The third kappa shape index (κ3) is 3.22. The molecule has 0 spiro atoms. The zero-order valence-electron chi connectivity index (χ0n) is 11.2. The molecule has 2 rings (SSSR count). The van der Waals surface area contributed by atoms with Crippen molar-refractivity contribution in [2.45, 2.75) is 58.0 Å². The first kappa shape index (κ1) is 13.3. The van der Waals surface area contributed by atoms with Gasteiger partial charge in [-0.2, -0.15) is 0 Å². The Bertz CT molecular complexity index is 379. The first-order valence-electron chi connectivity index (χ1n) is 6.78. The van der Waals surface area contributed by atoms with E-state index in [0.29, 0.717) is 23.5 Å². The molecule has 3 nitrogen and oxygen atoms in total. The van der Waals surface area contributed by atoms with E-state index in [4.69, 9.17) is 0 Å². The summed E-state index contributed by atoms with van der Waals surface area (Å²) < 4.78 is 23.2. The quantitative estimate of drug-likeness (QED) is 0.825. The fraction of sp³-hybridized carbons (Fsp3) is 1.00. The molecule has 1 heterocycles. The Morgan fingerprint density at radius 2 is 1.94 bits per heavy atom. The number of hydrogen-bond donors (Lipinski definition) is 1. The van der Waals surface area contributed by atoms with Gasteiger partial charge in [-0.1, -0.05) is 13.8 Å². The zero-order valence-corrected chi connectivity index (χ0v) is 12.0. The van der Waals surface area contributed by atoms with Gasteiger partial charge in [-0.3, -0.25) is 0 Å². The second-order valence-corrected chi connectivity index (χ2v) is 8.73. The molecule has 4 unspecified atom stereocenters. The van der Waals surface area contributed by atoms with Crippen molar-refractivity contribution in [1.29, 1.82) is 0 Å². The average molecular weight is 259 g/mol. The molecule has 1 N–H and O–H groups in total. The number of hydrogen-bond acceptors (Lipinski definition) is 3. The van der Waals surface area contributed by atoms with Gasteiger partial charge < -0.3 is 5.32 Å². The van der Waals surface area contributed by atoms with E-state index in [-0.39, 0.29) is 5.54 Å². The molecule has 4 heteroatoms. The van der Waals surface area contributed by atoms with Gasteiger partial charge in [-0.25, -0.2) is 8.42 Å². The SMILES string of the molecule is CC1CCC(NC2(C)CCS(=O)(=O)C2)C(C)C1. The van der Waals surface area contributed by atoms with Crippen LogP contribution in [0.5, 0.6) is 0 Å². The van der Waals surface area contributed by atoms with E-state index >= 15 is 0 Å². The van der Waals surface area contributed by atoms with Crippen molar-refractivity contribution in [3.63, 3.8) is 0 Å². The van der Waals surface area contributed by atoms with Crippen molar-refractivity contribution < 1.29 is 8.42 Å². The zero-order chi connectivity index (χ0) is 12.7. The molecular formula is C13H25NO2S. The highest BCUT2D eigenvalue weighted by molar-refractivity contribution is 7.91. The highest BCUT2D eigenvalue weighted by atomic mass is 32.2. The molecule has 0 aromatic heterocycles. The summed E-state index contributed by atoms with van der Waals surface area (Å²) in [6, 6.07) is 0.504. The molecule has 0 amide bonds. The lowest BCUT2D eigenvalue weighted by atomic mass is 9.79. The van der Waals surface area contributed by atoms with Gasteiger partial charge in [0.15, 0.2) is 9.84 Å². The monoisotopic (exact) mass is 259 g/mol. The molecule has 1 aliphatic carbocycles. The number of sulfone groups is 1. The summed E-state index contributed by atoms with van der Waals surface area (Å²) in [7, 11) is -2.80. The Kier molecular flexibility index (Phi) is 3.56. The fourth-order valence-electron chi connectivity index (χ4n) is 3.45. The molecule has 0 aromatic rings. The van der Waals surface area contributed by atoms with Gasteiger partial charge in [0.05, 0.1) is 11.5 Å². The minimum atomic E-state index is -2.80. The van der Waals surface area contributed by atoms with Crippen LogP contribution >= 0.6 is 0 Å². The van der Waals surface area contributed by atoms with E-state index in [1.165, 1.54) is 19.3 Å². The molecule has 1 saturated carbocycles. The Hall–Kier alpha value is -0.0900. The number of rotatable bonds is 2. The summed E-state index contributed by atoms with van der Waals surface area (Å²) in [5.74, 6) is 2.16. The summed E-state index contributed by atoms with van der Waals surface area (Å²) >= 11 is 0. The molecule has 1 aliphatic heterocycles. The minimum absolute atomic E-state index is 0.182. The van der Waals surface area contributed by atoms with Gasteiger partial charge >= 0.3 is 0 Å². The van der Waals surface area contributed by atoms with Gasteiger partial charge in [-0.05, 0) is 44.4 Å². The predicted molar refractivity (Wildman–Crippen MR) is 70.8 cm³/mol. The maximum atomic E-state index is 11.6. The summed E-state index contributed by atoms with van der Waals surface area (Å²) in [5, 5.41) is 3.64. The first-order chi connectivity index (χ1) is 7.80. The summed E-state index contributed by atoms with van der Waals surface area (Å²) in [4.78, 5) is 0. The predicted octanol–water partition coefficient (Wildman–Crippen LogP) is 1.98. The van der Waals surface area contributed by atoms with E-state index in [9.17, 15) is 8.42 Å². The van der Waals surface area contributed by atoms with Crippen LogP contribution in [0.1, 0.15) is 46.5 Å². The van der Waals surface area contributed by atoms with Crippen molar-refractivity contribution in [3.05, 3.63) is 0 Å². The topological polar surface area (TPSA) is 46.2 Å². The largest absolute Gasteiger partial charge is 0.307 e. The average Bonchev–Trinajstić information content (AvgIpc) is 2.46. The van der Waals surface area contributed by atoms with E-state index in [2.05, 4.69) is 26.1 Å². The number of nitrogens with one attached hydrogen (secondary N) is 1. The van der Waals surface area contributed by atoms with E-state index in [1.807, 2.05) is 0 Å². The van der Waals surface area contributed by atoms with Gasteiger partial charge in [0, 0.05) is 11.6 Å². The van der Waals surface area contributed by atoms with Gasteiger partial charge in [0.25, 0.3) is 0 Å². The molecule has 2 fully saturated rings. The molecular weight excluding hydrogens is 234 g/mol. The van der Waals surface area contributed by atoms with Gasteiger partial charge in [0.1, 0.15) is 0 Å². The maximum Gasteiger partial charge on any atom is 0.152 e. The molecule has 1 saturated heterocycles. The second-order valence-electron chi connectivity index (χ2n) is 6.55. The van der Waals surface area contributed by atoms with Crippen molar-refractivity contribution in [3.8, 4) is 0 Å². The van der Waals surface area contributed by atoms with E-state index < -0.39 is 9.84 Å². The second kappa shape index (κ2) is 4.54. The van der Waals surface area contributed by atoms with Crippen LogP contribution in [0, 0.1) is 11.8 Å². The maximum absolute atomic E-state index is 11.6. The molecule has 0 radical (unpaired) electrons. The van der Waals surface area contributed by atoms with Crippen LogP contribution in [0.4, 0.5) is 0 Å². The van der Waals surface area contributed by atoms with Crippen LogP contribution in [-0.2, 0) is 9.84 Å². The van der Waals surface area contributed by atoms with Crippen LogP contribution in [0.3, 0.4) is 0 Å². The van der Waals surface area contributed by atoms with E-state index in [1.54, 1.807) is 0 Å². The van der Waals surface area contributed by atoms with Crippen molar-refractivity contribution >= 4 is 9.84 Å². The Balaban J connectivity index is 1.97. The lowest BCUT2D eigenvalue weighted by Crippen LogP contribution is -2.52. The molecule has 4 atom stereocenters. The lowest BCUT2D eigenvalue weighted by molar-refractivity contribution is 0.190. The Labute approximate surface area is 105 Å². The van der Waals surface area contributed by atoms with Crippen LogP contribution in [-0.4, -0.2) is 31.5 Å². The molecule has 0 bridgehead atoms. The Morgan fingerprint density at radius 3 is 2.47 bits per heavy atom. The summed E-state index contributed by atoms with van der Waals surface area (Å²) in [6.07, 6.45) is 4.50. The fourth-order valence-corrected chi connectivity index (χ4v) is 5.56. The van der Waals surface area contributed by atoms with Gasteiger partial charge in [0.2, 0.25) is 0 Å². The lowest BCUT2D eigenvalue weighted by Gasteiger charge is -2.38. The molecule has 17 heavy (non-hydrogen) atoms. The smallest absolute Gasteiger partial charge is 0.152 e. The Morgan fingerprint density at radius 1 is 1.24 bits per heavy atom. The van der Waals surface area contributed by atoms with E-state index in [0.717, 1.165) is 12.3 Å². The van der Waals surface area contributed by atoms with Crippen LogP contribution in [0.15, 0.2) is 0 Å². The molecule has 0 aromatic carbocycles. The third-order valence-corrected chi connectivity index (χ3v) is 6.37. The third-order valence-electron chi connectivity index (χ3n) is 4.47. The van der Waals surface area contributed by atoms with Crippen LogP contribution in [0.25, 0.3) is 0 Å². The van der Waals surface area contributed by atoms with Crippen LogP contribution in [0.2, 0.25) is 0 Å². The first-order valence-corrected chi connectivity index (χ1v) is 8.60. The highest BCUT2D eigenvalue weighted by Crippen LogP contribution is 2.32. The normalized spacial score (nSPS) is 45.9.